The molecule has 0 saturated heterocycles. The molecule has 0 bridgehead atoms. The molecule has 0 aromatic heterocycles. The zero-order valence-corrected chi connectivity index (χ0v) is 19.9. The lowest BCUT2D eigenvalue weighted by molar-refractivity contribution is 0.0491. The average Bonchev–Trinajstić information content (AvgIpc) is 2.89. The zero-order chi connectivity index (χ0) is 24.5. The predicted molar refractivity (Wildman–Crippen MR) is 131 cm³/mol. The summed E-state index contributed by atoms with van der Waals surface area (Å²) in [5.74, 6) is 1.95. The Labute approximate surface area is 199 Å². The fraction of sp³-hybridized carbons (Fsp3) is 0.222. The molecule has 3 aromatic rings. The summed E-state index contributed by atoms with van der Waals surface area (Å²) in [4.78, 5) is 12.4. The molecule has 0 heterocycles. The Hall–Kier alpha value is -3.97. The minimum atomic E-state index is -0.453. The van der Waals surface area contributed by atoms with Crippen LogP contribution in [0, 0.1) is 0 Å². The largest absolute Gasteiger partial charge is 0.497 e. The van der Waals surface area contributed by atoms with Crippen molar-refractivity contribution in [1.82, 2.24) is 0 Å². The highest BCUT2D eigenvalue weighted by Gasteiger charge is 2.17. The summed E-state index contributed by atoms with van der Waals surface area (Å²) in [6.07, 6.45) is 3.92. The van der Waals surface area contributed by atoms with Crippen LogP contribution >= 0.6 is 0 Å². The molecule has 3 aromatic carbocycles. The highest BCUT2D eigenvalue weighted by atomic mass is 16.7. The van der Waals surface area contributed by atoms with Crippen LogP contribution < -0.4 is 18.9 Å². The van der Waals surface area contributed by atoms with Crippen molar-refractivity contribution < 1.29 is 33.2 Å². The molecule has 0 aliphatic carbocycles. The Morgan fingerprint density at radius 1 is 0.706 bits per heavy atom. The Kier molecular flexibility index (Phi) is 8.54. The lowest BCUT2D eigenvalue weighted by Gasteiger charge is -2.14. The Bertz CT molecular complexity index is 1170. The number of methoxy groups -OCH3 is 5. The van der Waals surface area contributed by atoms with Gasteiger partial charge in [-0.2, -0.15) is 0 Å². The molecule has 7 nitrogen and oxygen atoms in total. The van der Waals surface area contributed by atoms with Gasteiger partial charge < -0.3 is 28.4 Å². The predicted octanol–water partition coefficient (Wildman–Crippen LogP) is 5.32. The number of carbonyl (C=O) groups excluding carboxylic acids is 1. The van der Waals surface area contributed by atoms with Crippen LogP contribution in [0.15, 0.2) is 54.6 Å². The lowest BCUT2D eigenvalue weighted by Crippen LogP contribution is -2.04. The highest BCUT2D eigenvalue weighted by molar-refractivity contribution is 5.98. The minimum absolute atomic E-state index is 0.126. The van der Waals surface area contributed by atoms with Crippen LogP contribution in [-0.2, 0) is 9.47 Å². The smallest absolute Gasteiger partial charge is 0.338 e. The number of benzene rings is 3. The second kappa shape index (κ2) is 11.8. The van der Waals surface area contributed by atoms with E-state index in [-0.39, 0.29) is 6.79 Å². The standard InChI is InChI=1S/C27H28O7/c1-29-17-34-26-15-19(9-13-24(26)31-3)7-6-18-8-11-22(25(14-18)32-4)21-12-10-20(30-2)16-23(21)27(28)33-5/h6-16H,17H2,1-5H3/b7-6-. The number of hydrogen-bond acceptors (Lipinski definition) is 7. The van der Waals surface area contributed by atoms with Crippen LogP contribution in [0.25, 0.3) is 23.3 Å². The van der Waals surface area contributed by atoms with Gasteiger partial charge in [-0.05, 0) is 47.5 Å². The summed E-state index contributed by atoms with van der Waals surface area (Å²) in [6, 6.07) is 16.7. The highest BCUT2D eigenvalue weighted by Crippen LogP contribution is 2.36. The van der Waals surface area contributed by atoms with Gasteiger partial charge in [0.05, 0.1) is 34.0 Å². The van der Waals surface area contributed by atoms with Crippen molar-refractivity contribution >= 4 is 18.1 Å². The van der Waals surface area contributed by atoms with Crippen LogP contribution in [-0.4, -0.2) is 48.3 Å². The van der Waals surface area contributed by atoms with Gasteiger partial charge in [-0.3, -0.25) is 0 Å². The van der Waals surface area contributed by atoms with Crippen molar-refractivity contribution in [3.63, 3.8) is 0 Å². The van der Waals surface area contributed by atoms with Gasteiger partial charge in [-0.1, -0.05) is 30.4 Å². The Balaban J connectivity index is 1.94. The van der Waals surface area contributed by atoms with E-state index in [0.29, 0.717) is 34.1 Å². The van der Waals surface area contributed by atoms with Crippen molar-refractivity contribution in [2.45, 2.75) is 0 Å². The minimum Gasteiger partial charge on any atom is -0.497 e. The average molecular weight is 465 g/mol. The van der Waals surface area contributed by atoms with E-state index in [9.17, 15) is 4.79 Å². The van der Waals surface area contributed by atoms with Crippen LogP contribution in [0.2, 0.25) is 0 Å². The first-order valence-electron chi connectivity index (χ1n) is 10.5. The van der Waals surface area contributed by atoms with Crippen LogP contribution in [0.3, 0.4) is 0 Å². The first kappa shape index (κ1) is 24.7. The maximum atomic E-state index is 12.4. The summed E-state index contributed by atoms with van der Waals surface area (Å²) in [7, 11) is 7.64. The maximum Gasteiger partial charge on any atom is 0.338 e. The van der Waals surface area contributed by atoms with Gasteiger partial charge >= 0.3 is 5.97 Å². The van der Waals surface area contributed by atoms with Gasteiger partial charge in [0.1, 0.15) is 11.5 Å². The molecule has 0 radical (unpaired) electrons. The van der Waals surface area contributed by atoms with E-state index in [1.807, 2.05) is 54.6 Å². The summed E-state index contributed by atoms with van der Waals surface area (Å²) in [6.45, 7) is 0.126. The monoisotopic (exact) mass is 464 g/mol. The summed E-state index contributed by atoms with van der Waals surface area (Å²) in [5, 5.41) is 0. The summed E-state index contributed by atoms with van der Waals surface area (Å²) >= 11 is 0. The van der Waals surface area contributed by atoms with Gasteiger partial charge in [-0.25, -0.2) is 4.79 Å². The molecular weight excluding hydrogens is 436 g/mol. The third kappa shape index (κ3) is 5.68. The topological polar surface area (TPSA) is 72.5 Å². The fourth-order valence-electron chi connectivity index (χ4n) is 3.42. The molecule has 0 atom stereocenters. The Morgan fingerprint density at radius 3 is 1.97 bits per heavy atom. The molecule has 3 rings (SSSR count). The van der Waals surface area contributed by atoms with E-state index in [0.717, 1.165) is 16.7 Å². The second-order valence-electron chi connectivity index (χ2n) is 7.16. The molecule has 0 fully saturated rings. The Morgan fingerprint density at radius 2 is 1.35 bits per heavy atom. The van der Waals surface area contributed by atoms with Crippen molar-refractivity contribution in [3.8, 4) is 34.1 Å². The molecule has 0 unspecified atom stereocenters. The number of carbonyl (C=O) groups is 1. The molecule has 34 heavy (non-hydrogen) atoms. The molecular formula is C27H28O7. The van der Waals surface area contributed by atoms with Crippen molar-refractivity contribution in [1.29, 1.82) is 0 Å². The number of rotatable bonds is 10. The number of ether oxygens (including phenoxy) is 6. The van der Waals surface area contributed by atoms with Gasteiger partial charge in [-0.15, -0.1) is 0 Å². The van der Waals surface area contributed by atoms with Gasteiger partial charge in [0.25, 0.3) is 0 Å². The van der Waals surface area contributed by atoms with E-state index >= 15 is 0 Å². The van der Waals surface area contributed by atoms with Crippen molar-refractivity contribution in [2.75, 3.05) is 42.3 Å². The SMILES string of the molecule is COCOc1cc(/C=C\c2ccc(-c3ccc(OC)cc3C(=O)OC)c(OC)c2)ccc1OC. The molecule has 0 saturated carbocycles. The quantitative estimate of drug-likeness (QED) is 0.228. The first-order chi connectivity index (χ1) is 16.5. The van der Waals surface area contributed by atoms with E-state index < -0.39 is 5.97 Å². The van der Waals surface area contributed by atoms with Crippen LogP contribution in [0.4, 0.5) is 0 Å². The number of hydrogen-bond donors (Lipinski definition) is 0. The molecule has 0 N–H and O–H groups in total. The molecule has 0 aliphatic heterocycles. The zero-order valence-electron chi connectivity index (χ0n) is 19.9. The molecule has 7 heteroatoms. The van der Waals surface area contributed by atoms with Gasteiger partial charge in [0.15, 0.2) is 18.3 Å². The summed E-state index contributed by atoms with van der Waals surface area (Å²) < 4.78 is 31.8. The van der Waals surface area contributed by atoms with E-state index in [1.54, 1.807) is 40.6 Å². The third-order valence-corrected chi connectivity index (χ3v) is 5.14. The van der Waals surface area contributed by atoms with Crippen LogP contribution in [0.1, 0.15) is 21.5 Å². The normalized spacial score (nSPS) is 10.7. The number of esters is 1. The fourth-order valence-corrected chi connectivity index (χ4v) is 3.42. The summed E-state index contributed by atoms with van der Waals surface area (Å²) in [5.41, 5.74) is 3.70. The van der Waals surface area contributed by atoms with Crippen molar-refractivity contribution in [2.24, 2.45) is 0 Å². The van der Waals surface area contributed by atoms with E-state index in [1.165, 1.54) is 7.11 Å². The van der Waals surface area contributed by atoms with E-state index in [2.05, 4.69) is 0 Å². The lowest BCUT2D eigenvalue weighted by atomic mass is 9.97. The molecule has 0 spiro atoms. The third-order valence-electron chi connectivity index (χ3n) is 5.14. The van der Waals surface area contributed by atoms with Gasteiger partial charge in [0, 0.05) is 18.2 Å². The molecule has 0 aliphatic rings. The van der Waals surface area contributed by atoms with Crippen LogP contribution in [0.5, 0.6) is 23.0 Å². The van der Waals surface area contributed by atoms with E-state index in [4.69, 9.17) is 28.4 Å². The first-order valence-corrected chi connectivity index (χ1v) is 10.5. The maximum absolute atomic E-state index is 12.4. The second-order valence-corrected chi connectivity index (χ2v) is 7.16. The van der Waals surface area contributed by atoms with Gasteiger partial charge in [0.2, 0.25) is 0 Å². The molecule has 0 amide bonds. The molecule has 178 valence electrons. The van der Waals surface area contributed by atoms with Crippen molar-refractivity contribution in [3.05, 3.63) is 71.3 Å².